The number of pyridine rings is 1. The minimum absolute atomic E-state index is 0.239. The Balaban J connectivity index is 2.99. The monoisotopic (exact) mass is 359 g/mol. The van der Waals surface area contributed by atoms with E-state index >= 15 is 0 Å². The number of carboxylic acids is 2. The molecule has 0 radical (unpaired) electrons. The molecule has 1 aromatic heterocycles. The van der Waals surface area contributed by atoms with E-state index in [-0.39, 0.29) is 6.07 Å². The molecule has 0 bridgehead atoms. The van der Waals surface area contributed by atoms with E-state index in [9.17, 15) is 36.8 Å². The first kappa shape index (κ1) is 18.0. The summed E-state index contributed by atoms with van der Waals surface area (Å²) >= 11 is 0. The zero-order valence-corrected chi connectivity index (χ0v) is 12.0. The summed E-state index contributed by atoms with van der Waals surface area (Å²) < 4.78 is 52.2. The van der Waals surface area contributed by atoms with Gasteiger partial charge in [0.1, 0.15) is 16.9 Å². The largest absolute Gasteiger partial charge is 0.512 e. The van der Waals surface area contributed by atoms with E-state index in [4.69, 9.17) is 10.8 Å². The van der Waals surface area contributed by atoms with Crippen molar-refractivity contribution in [2.75, 3.05) is 5.73 Å². The van der Waals surface area contributed by atoms with Gasteiger partial charge in [-0.3, -0.25) is 4.79 Å². The smallest absolute Gasteiger partial charge is 0.478 e. The molecule has 0 aliphatic rings. The van der Waals surface area contributed by atoms with Gasteiger partial charge in [0, 0.05) is 5.56 Å². The van der Waals surface area contributed by atoms with Crippen LogP contribution >= 0.6 is 0 Å². The highest BCUT2D eigenvalue weighted by Gasteiger charge is 2.31. The van der Waals surface area contributed by atoms with Crippen LogP contribution in [0.4, 0.5) is 23.2 Å². The molecule has 0 atom stereocenters. The van der Waals surface area contributed by atoms with Crippen molar-refractivity contribution in [3.63, 3.8) is 0 Å². The zero-order chi connectivity index (χ0) is 19.1. The summed E-state index contributed by atoms with van der Waals surface area (Å²) in [6, 6.07) is 1.37. The number of aromatic carboxylic acids is 2. The van der Waals surface area contributed by atoms with E-state index in [0.717, 1.165) is 6.07 Å². The molecule has 1 heterocycles. The highest BCUT2D eigenvalue weighted by molar-refractivity contribution is 6.73. The molecule has 1 aromatic carbocycles. The molecule has 25 heavy (non-hydrogen) atoms. The Bertz CT molecular complexity index is 955. The van der Waals surface area contributed by atoms with Gasteiger partial charge in [0.15, 0.2) is 0 Å². The predicted octanol–water partition coefficient (Wildman–Crippen LogP) is 1.21. The van der Waals surface area contributed by atoms with Crippen molar-refractivity contribution >= 4 is 30.2 Å². The quantitative estimate of drug-likeness (QED) is 0.479. The average molecular weight is 359 g/mol. The van der Waals surface area contributed by atoms with Gasteiger partial charge in [-0.1, -0.05) is 17.6 Å². The molecule has 0 saturated heterocycles. The van der Waals surface area contributed by atoms with Crippen molar-refractivity contribution < 1.29 is 37.1 Å². The number of hydrogen-bond donors (Lipinski definition) is 4. The number of aromatic amines is 1. The highest BCUT2D eigenvalue weighted by atomic mass is 19.4. The number of carboxylic acid groups (broad SMARTS) is 2. The molecule has 0 spiro atoms. The third-order valence-corrected chi connectivity index (χ3v) is 3.31. The van der Waals surface area contributed by atoms with E-state index < -0.39 is 63.8 Å². The van der Waals surface area contributed by atoms with Gasteiger partial charge in [0.25, 0.3) is 5.56 Å². The van der Waals surface area contributed by atoms with Gasteiger partial charge in [-0.15, -0.1) is 0 Å². The van der Waals surface area contributed by atoms with E-state index in [0.29, 0.717) is 6.07 Å². The van der Waals surface area contributed by atoms with Gasteiger partial charge in [-0.25, -0.2) is 14.0 Å². The number of anilines is 1. The molecule has 132 valence electrons. The minimum Gasteiger partial charge on any atom is -0.478 e. The molecule has 0 aliphatic heterocycles. The number of nitrogens with two attached hydrogens (primary N) is 1. The average Bonchev–Trinajstić information content (AvgIpc) is 2.44. The van der Waals surface area contributed by atoms with Gasteiger partial charge in [0.2, 0.25) is 0 Å². The molecule has 0 aliphatic carbocycles. The van der Waals surface area contributed by atoms with E-state index in [1.807, 2.05) is 0 Å². The highest BCUT2D eigenvalue weighted by Crippen LogP contribution is 2.29. The number of nitrogens with one attached hydrogen (secondary N) is 1. The first-order valence-corrected chi connectivity index (χ1v) is 6.47. The lowest BCUT2D eigenvalue weighted by molar-refractivity contribution is 0.0695. The van der Waals surface area contributed by atoms with Crippen molar-refractivity contribution in [2.24, 2.45) is 0 Å². The van der Waals surface area contributed by atoms with Crippen LogP contribution < -0.4 is 16.8 Å². The molecule has 0 amide bonds. The van der Waals surface area contributed by atoms with Crippen molar-refractivity contribution in [2.45, 2.75) is 0 Å². The molecule has 0 unspecified atom stereocenters. The van der Waals surface area contributed by atoms with Crippen LogP contribution in [-0.4, -0.2) is 34.1 Å². The van der Waals surface area contributed by atoms with Gasteiger partial charge in [-0.2, -0.15) is 0 Å². The third-order valence-electron chi connectivity index (χ3n) is 3.31. The first-order valence-electron chi connectivity index (χ1n) is 6.47. The molecular weight excluding hydrogens is 351 g/mol. The Hall–Kier alpha value is -3.31. The second kappa shape index (κ2) is 5.96. The third kappa shape index (κ3) is 3.18. The molecule has 2 aromatic rings. The van der Waals surface area contributed by atoms with E-state index in [2.05, 4.69) is 0 Å². The summed E-state index contributed by atoms with van der Waals surface area (Å²) in [5.41, 5.74) is -1.15. The molecule has 0 saturated carbocycles. The lowest BCUT2D eigenvalue weighted by Crippen LogP contribution is -2.37. The lowest BCUT2D eigenvalue weighted by Gasteiger charge is -2.18. The summed E-state index contributed by atoms with van der Waals surface area (Å²) in [5.74, 6) is -6.04. The Morgan fingerprint density at radius 2 is 1.64 bits per heavy atom. The number of hydrogen-bond acceptors (Lipinski definition) is 4. The maximum atomic E-state index is 13.4. The molecule has 5 N–H and O–H groups in total. The Kier molecular flexibility index (Phi) is 4.30. The maximum absolute atomic E-state index is 13.4. The fraction of sp³-hybridized carbons (Fsp3) is 0. The SMILES string of the molecule is Nc1[nH]c(=O)c(C(=O)O)c(-c2ccc(F)c([B-](F)(F)F)c2)c1C(=O)O. The van der Waals surface area contributed by atoms with E-state index in [1.54, 1.807) is 4.98 Å². The second-order valence-electron chi connectivity index (χ2n) is 4.91. The van der Waals surface area contributed by atoms with Crippen LogP contribution in [0.5, 0.6) is 0 Å². The van der Waals surface area contributed by atoms with Crippen molar-refractivity contribution in [3.8, 4) is 11.1 Å². The number of nitrogen functional groups attached to an aromatic ring is 1. The Morgan fingerprint density at radius 1 is 1.08 bits per heavy atom. The molecule has 12 heteroatoms. The van der Waals surface area contributed by atoms with Crippen LogP contribution in [0.3, 0.4) is 0 Å². The van der Waals surface area contributed by atoms with Crippen LogP contribution in [0.1, 0.15) is 20.7 Å². The first-order chi connectivity index (χ1) is 11.4. The topological polar surface area (TPSA) is 133 Å². The van der Waals surface area contributed by atoms with Crippen molar-refractivity contribution in [1.82, 2.24) is 4.98 Å². The summed E-state index contributed by atoms with van der Waals surface area (Å²) in [4.78, 5) is 36.3. The molecule has 7 nitrogen and oxygen atoms in total. The lowest BCUT2D eigenvalue weighted by atomic mass is 9.78. The second-order valence-corrected chi connectivity index (χ2v) is 4.91. The molecular formula is C13H8BF4N2O5-. The van der Waals surface area contributed by atoms with Crippen molar-refractivity contribution in [1.29, 1.82) is 0 Å². The maximum Gasteiger partial charge on any atom is 0.512 e. The summed E-state index contributed by atoms with van der Waals surface area (Å²) in [5, 5.41) is 18.3. The number of halogens is 4. The fourth-order valence-electron chi connectivity index (χ4n) is 2.29. The molecule has 2 rings (SSSR count). The van der Waals surface area contributed by atoms with Gasteiger partial charge < -0.3 is 33.9 Å². The number of carbonyl (C=O) groups is 2. The number of rotatable bonds is 4. The summed E-state index contributed by atoms with van der Waals surface area (Å²) in [7, 11) is 0. The van der Waals surface area contributed by atoms with Crippen LogP contribution in [0.25, 0.3) is 11.1 Å². The standard InChI is InChI=1S/C13H8BF4N2O5/c15-6-2-1-4(3-5(6)14(16,17)18)7-8(12(22)23)10(19)20-11(21)9(7)13(24)25/h1-3H,(H,22,23)(H,24,25)(H3,19,20,21)/q-1. The van der Waals surface area contributed by atoms with Gasteiger partial charge in [0.05, 0.1) is 5.82 Å². The number of benzene rings is 1. The normalized spacial score (nSPS) is 11.4. The summed E-state index contributed by atoms with van der Waals surface area (Å²) in [6.45, 7) is -5.81. The Morgan fingerprint density at radius 3 is 2.12 bits per heavy atom. The van der Waals surface area contributed by atoms with Gasteiger partial charge in [-0.05, 0) is 11.6 Å². The fourth-order valence-corrected chi connectivity index (χ4v) is 2.29. The van der Waals surface area contributed by atoms with Crippen LogP contribution in [0.15, 0.2) is 23.0 Å². The predicted molar refractivity (Wildman–Crippen MR) is 79.5 cm³/mol. The Labute approximate surface area is 135 Å². The van der Waals surface area contributed by atoms with Crippen LogP contribution in [-0.2, 0) is 0 Å². The van der Waals surface area contributed by atoms with Gasteiger partial charge >= 0.3 is 18.9 Å². The van der Waals surface area contributed by atoms with Crippen LogP contribution in [0.2, 0.25) is 0 Å². The van der Waals surface area contributed by atoms with Crippen LogP contribution in [0, 0.1) is 5.82 Å². The minimum atomic E-state index is -5.81. The van der Waals surface area contributed by atoms with Crippen molar-refractivity contribution in [3.05, 3.63) is 45.5 Å². The van der Waals surface area contributed by atoms with E-state index in [1.165, 1.54) is 0 Å². The summed E-state index contributed by atoms with van der Waals surface area (Å²) in [6.07, 6.45) is 0. The molecule has 0 fully saturated rings. The number of aromatic nitrogens is 1. The number of H-pyrrole nitrogens is 1. The zero-order valence-electron chi connectivity index (χ0n) is 12.0.